The van der Waals surface area contributed by atoms with Gasteiger partial charge in [-0.05, 0) is 46.0 Å². The number of rotatable bonds is 12. The largest absolute Gasteiger partial charge is 0.519 e. The smallest absolute Gasteiger partial charge is 0.396 e. The third kappa shape index (κ3) is 6.15. The lowest BCUT2D eigenvalue weighted by atomic mass is 10.1. The number of benzene rings is 1. The zero-order chi connectivity index (χ0) is 25.9. The normalized spacial score (nSPS) is 12.2. The molecule has 0 spiro atoms. The second kappa shape index (κ2) is 10.9. The van der Waals surface area contributed by atoms with Crippen molar-refractivity contribution in [1.29, 1.82) is 0 Å². The van der Waals surface area contributed by atoms with E-state index >= 15 is 0 Å². The molecule has 0 aliphatic rings. The van der Waals surface area contributed by atoms with E-state index in [0.717, 1.165) is 29.4 Å². The summed E-state index contributed by atoms with van der Waals surface area (Å²) in [5, 5.41) is 1.05. The van der Waals surface area contributed by atoms with E-state index in [1.54, 1.807) is 4.57 Å². The van der Waals surface area contributed by atoms with Crippen molar-refractivity contribution in [2.45, 2.75) is 40.2 Å². The second-order valence-corrected chi connectivity index (χ2v) is 9.98. The van der Waals surface area contributed by atoms with Crippen LogP contribution >= 0.6 is 7.82 Å². The van der Waals surface area contributed by atoms with Crippen LogP contribution in [0.4, 0.5) is 0 Å². The molecule has 0 fully saturated rings. The summed E-state index contributed by atoms with van der Waals surface area (Å²) in [5.41, 5.74) is 1.98. The molecular weight excluding hydrogens is 495 g/mol. The van der Waals surface area contributed by atoms with Crippen LogP contribution in [-0.4, -0.2) is 30.1 Å². The lowest BCUT2D eigenvalue weighted by Crippen LogP contribution is -2.14. The molecular formula is C23H27N2O10P. The maximum Gasteiger partial charge on any atom is 0.519 e. The number of aryl methyl sites for hydroxylation is 2. The van der Waals surface area contributed by atoms with E-state index in [-0.39, 0.29) is 29.8 Å². The van der Waals surface area contributed by atoms with Gasteiger partial charge >= 0.3 is 19.5 Å². The molecule has 0 aliphatic heterocycles. The number of hydrogen-bond acceptors (Lipinski definition) is 11. The van der Waals surface area contributed by atoms with E-state index in [1.807, 2.05) is 44.6 Å². The fourth-order valence-corrected chi connectivity index (χ4v) is 4.55. The Labute approximate surface area is 205 Å². The summed E-state index contributed by atoms with van der Waals surface area (Å²) < 4.78 is 51.3. The van der Waals surface area contributed by atoms with Gasteiger partial charge in [-0.15, -0.1) is 0 Å². The zero-order valence-electron chi connectivity index (χ0n) is 20.3. The first-order valence-corrected chi connectivity index (χ1v) is 12.5. The highest BCUT2D eigenvalue weighted by molar-refractivity contribution is 7.48. The Morgan fingerprint density at radius 3 is 2.00 bits per heavy atom. The molecule has 0 unspecified atom stereocenters. The van der Waals surface area contributed by atoms with E-state index in [1.165, 1.54) is 13.8 Å². The van der Waals surface area contributed by atoms with Crippen molar-refractivity contribution in [3.63, 3.8) is 0 Å². The van der Waals surface area contributed by atoms with Gasteiger partial charge in [0.25, 0.3) is 0 Å². The van der Waals surface area contributed by atoms with E-state index in [2.05, 4.69) is 4.90 Å². The maximum atomic E-state index is 13.5. The number of hydrogen-bond donors (Lipinski definition) is 0. The molecule has 194 valence electrons. The lowest BCUT2D eigenvalue weighted by Gasteiger charge is -2.18. The molecule has 12 nitrogen and oxygen atoms in total. The standard InChI is InChI=1S/C23H27N2O10P/c1-15-20(34-22(26)32-15)12-29-36(28,30-13-21-16(2)33-23(27)35-21)31-14-25-11-17(9-10-24(3)4)18-7-5-6-8-19(18)25/h5-8,11H,9-10,12-14H2,1-4H3. The van der Waals surface area contributed by atoms with Gasteiger partial charge in [-0.25, -0.2) is 14.2 Å². The summed E-state index contributed by atoms with van der Waals surface area (Å²) in [7, 11) is -0.271. The van der Waals surface area contributed by atoms with Gasteiger partial charge in [-0.2, -0.15) is 0 Å². The van der Waals surface area contributed by atoms with Gasteiger partial charge in [-0.3, -0.25) is 13.6 Å². The van der Waals surface area contributed by atoms with Gasteiger partial charge in [0.15, 0.2) is 11.5 Å². The SMILES string of the molecule is Cc1oc(=O)oc1COP(=O)(OCc1oc(=O)oc1C)OCn1cc(CCN(C)C)c2ccccc21. The lowest BCUT2D eigenvalue weighted by molar-refractivity contribution is 0.0730. The highest BCUT2D eigenvalue weighted by Gasteiger charge is 2.30. The maximum absolute atomic E-state index is 13.5. The van der Waals surface area contributed by atoms with Crippen molar-refractivity contribution >= 4 is 18.7 Å². The molecule has 3 aromatic heterocycles. The highest BCUT2D eigenvalue weighted by Crippen LogP contribution is 2.51. The Morgan fingerprint density at radius 2 is 1.47 bits per heavy atom. The quantitative estimate of drug-likeness (QED) is 0.250. The van der Waals surface area contributed by atoms with E-state index < -0.39 is 32.7 Å². The van der Waals surface area contributed by atoms with Crippen LogP contribution in [0.5, 0.6) is 0 Å². The first-order valence-electron chi connectivity index (χ1n) is 11.1. The highest BCUT2D eigenvalue weighted by atomic mass is 31.2. The van der Waals surface area contributed by atoms with Crippen molar-refractivity contribution < 1.29 is 35.8 Å². The summed E-state index contributed by atoms with van der Waals surface area (Å²) >= 11 is 0. The van der Waals surface area contributed by atoms with Crippen LogP contribution < -0.4 is 11.6 Å². The van der Waals surface area contributed by atoms with Gasteiger partial charge in [0.1, 0.15) is 31.5 Å². The first-order chi connectivity index (χ1) is 17.1. The molecule has 0 radical (unpaired) electrons. The van der Waals surface area contributed by atoms with Crippen molar-refractivity contribution in [1.82, 2.24) is 9.47 Å². The van der Waals surface area contributed by atoms with E-state index in [4.69, 9.17) is 31.2 Å². The van der Waals surface area contributed by atoms with Crippen molar-refractivity contribution in [3.8, 4) is 0 Å². The van der Waals surface area contributed by atoms with Crippen LogP contribution in [-0.2, 0) is 44.5 Å². The molecule has 0 amide bonds. The van der Waals surface area contributed by atoms with Crippen LogP contribution in [0.15, 0.2) is 57.7 Å². The topological polar surface area (TPSA) is 140 Å². The molecule has 4 aromatic rings. The van der Waals surface area contributed by atoms with Gasteiger partial charge in [0, 0.05) is 18.1 Å². The van der Waals surface area contributed by atoms with Crippen molar-refractivity contribution in [2.24, 2.45) is 0 Å². The van der Waals surface area contributed by atoms with Crippen LogP contribution in [0.3, 0.4) is 0 Å². The number of fused-ring (bicyclic) bond motifs is 1. The molecule has 0 bridgehead atoms. The van der Waals surface area contributed by atoms with Crippen LogP contribution in [0.1, 0.15) is 28.6 Å². The third-order valence-electron chi connectivity index (χ3n) is 5.43. The molecule has 36 heavy (non-hydrogen) atoms. The van der Waals surface area contributed by atoms with E-state index in [9.17, 15) is 14.2 Å². The van der Waals surface area contributed by atoms with Gasteiger partial charge in [0.2, 0.25) is 0 Å². The number of nitrogens with zero attached hydrogens (tertiary/aromatic N) is 2. The summed E-state index contributed by atoms with van der Waals surface area (Å²) in [4.78, 5) is 24.8. The molecule has 0 saturated heterocycles. The fraction of sp³-hybridized carbons (Fsp3) is 0.391. The molecule has 13 heteroatoms. The number of phosphoric ester groups is 1. The number of aromatic nitrogens is 1. The Kier molecular flexibility index (Phi) is 7.82. The van der Waals surface area contributed by atoms with Crippen LogP contribution in [0.25, 0.3) is 10.9 Å². The summed E-state index contributed by atoms with van der Waals surface area (Å²) in [5.74, 6) is -1.41. The monoisotopic (exact) mass is 522 g/mol. The summed E-state index contributed by atoms with van der Waals surface area (Å²) in [6.45, 7) is 2.86. The number of phosphoric acid groups is 1. The predicted molar refractivity (Wildman–Crippen MR) is 126 cm³/mol. The van der Waals surface area contributed by atoms with Crippen molar-refractivity contribution in [3.05, 3.63) is 80.3 Å². The number of para-hydroxylation sites is 1. The molecule has 0 saturated carbocycles. The Bertz CT molecular complexity index is 1430. The van der Waals surface area contributed by atoms with Crippen LogP contribution in [0, 0.1) is 13.8 Å². The van der Waals surface area contributed by atoms with E-state index in [0.29, 0.717) is 0 Å². The molecule has 0 atom stereocenters. The minimum atomic E-state index is -4.27. The Balaban J connectivity index is 1.55. The molecule has 3 heterocycles. The predicted octanol–water partition coefficient (Wildman–Crippen LogP) is 3.97. The average Bonchev–Trinajstić information content (AvgIpc) is 3.47. The minimum absolute atomic E-state index is 0.0378. The zero-order valence-corrected chi connectivity index (χ0v) is 21.2. The molecule has 4 rings (SSSR count). The first kappa shape index (κ1) is 25.9. The molecule has 0 N–H and O–H groups in total. The van der Waals surface area contributed by atoms with Crippen LogP contribution in [0.2, 0.25) is 0 Å². The van der Waals surface area contributed by atoms with Crippen molar-refractivity contribution in [2.75, 3.05) is 20.6 Å². The number of likely N-dealkylation sites (N-methyl/N-ethyl adjacent to an activating group) is 1. The fourth-order valence-electron chi connectivity index (χ4n) is 3.51. The third-order valence-corrected chi connectivity index (χ3v) is 6.76. The van der Waals surface area contributed by atoms with Gasteiger partial charge in [-0.1, -0.05) is 18.2 Å². The summed E-state index contributed by atoms with van der Waals surface area (Å²) in [6, 6.07) is 7.79. The Morgan fingerprint density at radius 1 is 0.889 bits per heavy atom. The van der Waals surface area contributed by atoms with Gasteiger partial charge < -0.3 is 27.1 Å². The average molecular weight is 522 g/mol. The minimum Gasteiger partial charge on any atom is -0.396 e. The molecule has 0 aliphatic carbocycles. The second-order valence-electron chi connectivity index (χ2n) is 8.31. The Hall–Kier alpha value is -3.15. The summed E-state index contributed by atoms with van der Waals surface area (Å²) in [6.07, 6.45) is 2.74. The van der Waals surface area contributed by atoms with Gasteiger partial charge in [0.05, 0.1) is 5.52 Å². The molecule has 1 aromatic carbocycles.